The van der Waals surface area contributed by atoms with Crippen LogP contribution in [0, 0.1) is 17.3 Å². The van der Waals surface area contributed by atoms with Crippen molar-refractivity contribution in [2.24, 2.45) is 28.7 Å². The molecule has 2 saturated carbocycles. The van der Waals surface area contributed by atoms with Gasteiger partial charge in [-0.2, -0.15) is 0 Å². The van der Waals surface area contributed by atoms with Crippen molar-refractivity contribution in [3.63, 3.8) is 0 Å². The van der Waals surface area contributed by atoms with Crippen molar-refractivity contribution < 1.29 is 4.79 Å². The molecule has 0 spiro atoms. The molecule has 0 aliphatic heterocycles. The predicted molar refractivity (Wildman–Crippen MR) is 81.6 cm³/mol. The third kappa shape index (κ3) is 2.64. The first-order chi connectivity index (χ1) is 9.10. The van der Waals surface area contributed by atoms with E-state index < -0.39 is 5.41 Å². The van der Waals surface area contributed by atoms with Crippen LogP contribution < -0.4 is 11.5 Å². The van der Waals surface area contributed by atoms with E-state index in [4.69, 9.17) is 23.7 Å². The molecule has 0 aromatic rings. The summed E-state index contributed by atoms with van der Waals surface area (Å²) in [7, 11) is 0. The Balaban J connectivity index is 2.33. The van der Waals surface area contributed by atoms with E-state index in [1.807, 2.05) is 0 Å². The van der Waals surface area contributed by atoms with E-state index in [1.165, 1.54) is 38.5 Å². The summed E-state index contributed by atoms with van der Waals surface area (Å²) in [6, 6.07) is 0. The number of amides is 1. The minimum Gasteiger partial charge on any atom is -0.392 e. The SMILES string of the molecule is NC(=O)C(C(N)=S)(C1CCCCC1)C1CCCCC1. The average Bonchev–Trinajstić information content (AvgIpc) is 2.41. The highest BCUT2D eigenvalue weighted by Crippen LogP contribution is 2.49. The Morgan fingerprint density at radius 1 is 0.842 bits per heavy atom. The summed E-state index contributed by atoms with van der Waals surface area (Å²) in [4.78, 5) is 12.7. The third-order valence-corrected chi connectivity index (χ3v) is 5.65. The number of primary amides is 1. The summed E-state index contributed by atoms with van der Waals surface area (Å²) in [5.41, 5.74) is 11.2. The lowest BCUT2D eigenvalue weighted by Gasteiger charge is -2.46. The maximum Gasteiger partial charge on any atom is 0.231 e. The van der Waals surface area contributed by atoms with Crippen molar-refractivity contribution >= 4 is 23.1 Å². The quantitative estimate of drug-likeness (QED) is 0.779. The van der Waals surface area contributed by atoms with Crippen LogP contribution in [0.1, 0.15) is 64.2 Å². The molecular weight excluding hydrogens is 256 g/mol. The Bertz CT molecular complexity index is 310. The molecule has 4 heteroatoms. The zero-order chi connectivity index (χ0) is 13.9. The number of hydrogen-bond donors (Lipinski definition) is 2. The molecule has 108 valence electrons. The predicted octanol–water partition coefficient (Wildman–Crippen LogP) is 2.90. The van der Waals surface area contributed by atoms with Crippen molar-refractivity contribution in [2.45, 2.75) is 64.2 Å². The molecule has 3 nitrogen and oxygen atoms in total. The van der Waals surface area contributed by atoms with E-state index in [2.05, 4.69) is 0 Å². The standard InChI is InChI=1S/C15H26N2OS/c16-13(18)15(14(17)19,11-7-3-1-4-8-11)12-9-5-2-6-10-12/h11-12H,1-10H2,(H2,16,18)(H2,17,19). The fourth-order valence-electron chi connectivity index (χ4n) is 4.38. The van der Waals surface area contributed by atoms with Gasteiger partial charge in [-0.05, 0) is 37.5 Å². The first-order valence-electron chi connectivity index (χ1n) is 7.70. The van der Waals surface area contributed by atoms with Crippen LogP contribution in [-0.2, 0) is 4.79 Å². The highest BCUT2D eigenvalue weighted by atomic mass is 32.1. The average molecular weight is 282 g/mol. The molecule has 0 aromatic heterocycles. The zero-order valence-corrected chi connectivity index (χ0v) is 12.5. The smallest absolute Gasteiger partial charge is 0.231 e. The van der Waals surface area contributed by atoms with Gasteiger partial charge >= 0.3 is 0 Å². The van der Waals surface area contributed by atoms with E-state index >= 15 is 0 Å². The summed E-state index contributed by atoms with van der Waals surface area (Å²) in [5.74, 6) is 0.289. The molecule has 19 heavy (non-hydrogen) atoms. The Labute approximate surface area is 121 Å². The normalized spacial score (nSPS) is 23.2. The van der Waals surface area contributed by atoms with Gasteiger partial charge in [-0.3, -0.25) is 4.79 Å². The molecular formula is C15H26N2OS. The largest absolute Gasteiger partial charge is 0.392 e. The van der Waals surface area contributed by atoms with E-state index in [0.717, 1.165) is 25.7 Å². The van der Waals surface area contributed by atoms with Crippen LogP contribution in [0.5, 0.6) is 0 Å². The van der Waals surface area contributed by atoms with Gasteiger partial charge in [0.15, 0.2) is 0 Å². The van der Waals surface area contributed by atoms with Crippen molar-refractivity contribution in [1.82, 2.24) is 0 Å². The zero-order valence-electron chi connectivity index (χ0n) is 11.7. The molecule has 4 N–H and O–H groups in total. The maximum absolute atomic E-state index is 12.3. The lowest BCUT2D eigenvalue weighted by atomic mass is 9.58. The highest BCUT2D eigenvalue weighted by Gasteiger charge is 2.52. The fourth-order valence-corrected chi connectivity index (χ4v) is 4.81. The van der Waals surface area contributed by atoms with Gasteiger partial charge in [0.25, 0.3) is 0 Å². The molecule has 0 saturated heterocycles. The fraction of sp³-hybridized carbons (Fsp3) is 0.867. The van der Waals surface area contributed by atoms with E-state index in [1.54, 1.807) is 0 Å². The summed E-state index contributed by atoms with van der Waals surface area (Å²) >= 11 is 5.34. The van der Waals surface area contributed by atoms with Gasteiger partial charge in [-0.15, -0.1) is 0 Å². The summed E-state index contributed by atoms with van der Waals surface area (Å²) < 4.78 is 0. The Kier molecular flexibility index (Phi) is 4.82. The lowest BCUT2D eigenvalue weighted by Crippen LogP contribution is -2.57. The Hall–Kier alpha value is -0.640. The molecule has 2 fully saturated rings. The molecule has 0 radical (unpaired) electrons. The number of hydrogen-bond acceptors (Lipinski definition) is 2. The molecule has 2 aliphatic rings. The number of thiocarbonyl (C=S) groups is 1. The van der Waals surface area contributed by atoms with E-state index in [0.29, 0.717) is 4.99 Å². The lowest BCUT2D eigenvalue weighted by molar-refractivity contribution is -0.131. The van der Waals surface area contributed by atoms with Gasteiger partial charge in [0.1, 0.15) is 5.41 Å². The van der Waals surface area contributed by atoms with Crippen molar-refractivity contribution in [2.75, 3.05) is 0 Å². The third-order valence-electron chi connectivity index (χ3n) is 5.31. The van der Waals surface area contributed by atoms with Crippen LogP contribution in [0.25, 0.3) is 0 Å². The van der Waals surface area contributed by atoms with Crippen molar-refractivity contribution in [3.8, 4) is 0 Å². The Morgan fingerprint density at radius 3 is 1.47 bits per heavy atom. The minimum absolute atomic E-state index is 0.265. The van der Waals surface area contributed by atoms with E-state index in [-0.39, 0.29) is 17.7 Å². The molecule has 1 amide bonds. The maximum atomic E-state index is 12.3. The van der Waals surface area contributed by atoms with Gasteiger partial charge in [-0.25, -0.2) is 0 Å². The van der Waals surface area contributed by atoms with Crippen LogP contribution in [0.15, 0.2) is 0 Å². The summed E-state index contributed by atoms with van der Waals surface area (Å²) in [6.45, 7) is 0. The second-order valence-corrected chi connectivity index (χ2v) is 6.71. The summed E-state index contributed by atoms with van der Waals surface area (Å²) in [6.07, 6.45) is 11.4. The molecule has 2 rings (SSSR count). The molecule has 2 aliphatic carbocycles. The molecule has 0 bridgehead atoms. The minimum atomic E-state index is -0.712. The van der Waals surface area contributed by atoms with Gasteiger partial charge in [0, 0.05) is 0 Å². The van der Waals surface area contributed by atoms with Crippen LogP contribution in [0.2, 0.25) is 0 Å². The number of carbonyl (C=O) groups excluding carboxylic acids is 1. The molecule has 0 aromatic carbocycles. The first-order valence-corrected chi connectivity index (χ1v) is 8.10. The van der Waals surface area contributed by atoms with Crippen LogP contribution in [0.4, 0.5) is 0 Å². The molecule has 0 unspecified atom stereocenters. The van der Waals surface area contributed by atoms with Crippen molar-refractivity contribution in [1.29, 1.82) is 0 Å². The van der Waals surface area contributed by atoms with Gasteiger partial charge in [0.2, 0.25) is 5.91 Å². The van der Waals surface area contributed by atoms with E-state index in [9.17, 15) is 4.79 Å². The number of nitrogens with two attached hydrogens (primary N) is 2. The van der Waals surface area contributed by atoms with Gasteiger partial charge in [0.05, 0.1) is 4.99 Å². The Morgan fingerprint density at radius 2 is 1.21 bits per heavy atom. The van der Waals surface area contributed by atoms with Crippen LogP contribution >= 0.6 is 12.2 Å². The monoisotopic (exact) mass is 282 g/mol. The van der Waals surface area contributed by atoms with Crippen LogP contribution in [-0.4, -0.2) is 10.9 Å². The van der Waals surface area contributed by atoms with Gasteiger partial charge < -0.3 is 11.5 Å². The second-order valence-electron chi connectivity index (χ2n) is 6.27. The summed E-state index contributed by atoms with van der Waals surface area (Å²) in [5, 5.41) is 0. The second kappa shape index (κ2) is 6.21. The molecule has 0 heterocycles. The number of rotatable bonds is 4. The van der Waals surface area contributed by atoms with Crippen LogP contribution in [0.3, 0.4) is 0 Å². The van der Waals surface area contributed by atoms with Crippen molar-refractivity contribution in [3.05, 3.63) is 0 Å². The topological polar surface area (TPSA) is 69.1 Å². The highest BCUT2D eigenvalue weighted by molar-refractivity contribution is 7.80. The number of carbonyl (C=O) groups is 1. The first kappa shape index (κ1) is 14.8. The molecule has 0 atom stereocenters. The van der Waals surface area contributed by atoms with Gasteiger partial charge in [-0.1, -0.05) is 50.7 Å².